The largest absolute Gasteiger partial charge is 0.494 e. The number of nitrogen functional groups attached to an aromatic ring is 1. The number of para-hydroxylation sites is 1. The minimum atomic E-state index is 0.144. The van der Waals surface area contributed by atoms with Gasteiger partial charge < -0.3 is 20.1 Å². The predicted octanol–water partition coefficient (Wildman–Crippen LogP) is 7.74. The molecule has 0 fully saturated rings. The van der Waals surface area contributed by atoms with Crippen molar-refractivity contribution in [3.05, 3.63) is 59.7 Å². The number of ether oxygens (including phenoxy) is 2. The second kappa shape index (κ2) is 14.5. The maximum absolute atomic E-state index is 9.96. The normalized spacial score (nSPS) is 10.5. The molecule has 3 aromatic rings. The lowest BCUT2D eigenvalue weighted by molar-refractivity contribution is 0.382. The predicted molar refractivity (Wildman–Crippen MR) is 157 cm³/mol. The number of nitrogens with two attached hydrogens (primary N) is 1. The second-order valence-corrected chi connectivity index (χ2v) is 10.8. The van der Waals surface area contributed by atoms with Crippen molar-refractivity contribution in [2.75, 3.05) is 37.9 Å². The van der Waals surface area contributed by atoms with E-state index in [0.29, 0.717) is 27.0 Å². The Morgan fingerprint density at radius 3 is 1.79 bits per heavy atom. The average Bonchev–Trinajstić information content (AvgIpc) is 2.94. The van der Waals surface area contributed by atoms with Crippen molar-refractivity contribution in [1.82, 2.24) is 0 Å². The molecule has 0 saturated heterocycles. The van der Waals surface area contributed by atoms with E-state index in [9.17, 15) is 10.5 Å². The molecule has 0 aromatic heterocycles. The van der Waals surface area contributed by atoms with Crippen LogP contribution in [0.25, 0.3) is 0 Å². The monoisotopic (exact) mass is 546 g/mol. The van der Waals surface area contributed by atoms with Crippen LogP contribution in [0.1, 0.15) is 50.7 Å². The molecule has 2 N–H and O–H groups in total. The molecule has 0 saturated carbocycles. The third kappa shape index (κ3) is 6.69. The number of unbranched alkanes of at least 4 members (excludes halogenated alkanes) is 2. The molecule has 0 aliphatic carbocycles. The van der Waals surface area contributed by atoms with Crippen LogP contribution in [0, 0.1) is 22.7 Å². The van der Waals surface area contributed by atoms with Crippen LogP contribution in [0.2, 0.25) is 0 Å². The number of nitriles is 2. The number of nitrogens with zero attached hydrogens (tertiary/aromatic N) is 3. The number of methoxy groups -OCH3 is 2. The summed E-state index contributed by atoms with van der Waals surface area (Å²) in [5, 5.41) is 19.9. The van der Waals surface area contributed by atoms with Crippen LogP contribution in [0.4, 0.5) is 11.4 Å². The Balaban J connectivity index is 2.10. The zero-order valence-corrected chi connectivity index (χ0v) is 24.0. The molecular weight excluding hydrogens is 512 g/mol. The third-order valence-electron chi connectivity index (χ3n) is 6.07. The maximum atomic E-state index is 9.96. The highest BCUT2D eigenvalue weighted by molar-refractivity contribution is 8.02. The molecule has 0 bridgehead atoms. The summed E-state index contributed by atoms with van der Waals surface area (Å²) in [6.45, 7) is 6.50. The molecule has 0 spiro atoms. The van der Waals surface area contributed by atoms with Crippen LogP contribution in [-0.4, -0.2) is 27.3 Å². The van der Waals surface area contributed by atoms with Gasteiger partial charge in [0.15, 0.2) is 11.5 Å². The van der Waals surface area contributed by atoms with E-state index in [1.807, 2.05) is 24.3 Å². The summed E-state index contributed by atoms with van der Waals surface area (Å²) in [6.07, 6.45) is 4.63. The van der Waals surface area contributed by atoms with E-state index in [4.69, 9.17) is 15.2 Å². The Morgan fingerprint density at radius 2 is 1.32 bits per heavy atom. The molecule has 0 aliphatic heterocycles. The Bertz CT molecular complexity index is 1310. The molecule has 3 rings (SSSR count). The summed E-state index contributed by atoms with van der Waals surface area (Å²) in [7, 11) is 3.02. The quantitative estimate of drug-likeness (QED) is 0.218. The molecule has 0 atom stereocenters. The van der Waals surface area contributed by atoms with Gasteiger partial charge in [0.05, 0.1) is 24.0 Å². The number of hydrogen-bond donors (Lipinski definition) is 1. The van der Waals surface area contributed by atoms with Gasteiger partial charge in [0.1, 0.15) is 23.3 Å². The lowest BCUT2D eigenvalue weighted by Crippen LogP contribution is -2.25. The van der Waals surface area contributed by atoms with Gasteiger partial charge in [-0.05, 0) is 49.2 Å². The molecule has 6 nitrogen and oxygen atoms in total. The fourth-order valence-corrected chi connectivity index (χ4v) is 6.28. The van der Waals surface area contributed by atoms with Crippen LogP contribution in [0.5, 0.6) is 11.5 Å². The number of hydrogen-bond acceptors (Lipinski definition) is 8. The zero-order valence-electron chi connectivity index (χ0n) is 22.4. The standard InChI is InChI=1S/C30H34N4O2S2/c1-5-7-17-34(18-8-6-2)21-13-15-22(16-14-21)37-29-27(35-3)23(19-31)24(20-32)28(36-4)30(29)38-26-12-10-9-11-25(26)33/h9-16H,5-8,17-18,33H2,1-4H3. The first-order valence-electron chi connectivity index (χ1n) is 12.7. The smallest absolute Gasteiger partial charge is 0.153 e. The third-order valence-corrected chi connectivity index (χ3v) is 8.49. The molecule has 8 heteroatoms. The van der Waals surface area contributed by atoms with Crippen molar-refractivity contribution in [3.63, 3.8) is 0 Å². The minimum absolute atomic E-state index is 0.144. The first-order chi connectivity index (χ1) is 18.5. The summed E-state index contributed by atoms with van der Waals surface area (Å²) >= 11 is 2.88. The molecule has 0 heterocycles. The van der Waals surface area contributed by atoms with Crippen molar-refractivity contribution in [2.45, 2.75) is 59.1 Å². The van der Waals surface area contributed by atoms with E-state index in [1.165, 1.54) is 43.4 Å². The Hall–Kier alpha value is -3.46. The van der Waals surface area contributed by atoms with Crippen LogP contribution in [0.3, 0.4) is 0 Å². The zero-order chi connectivity index (χ0) is 27.5. The van der Waals surface area contributed by atoms with E-state index >= 15 is 0 Å². The van der Waals surface area contributed by atoms with Gasteiger partial charge in [-0.15, -0.1) is 0 Å². The van der Waals surface area contributed by atoms with Gasteiger partial charge in [-0.2, -0.15) is 10.5 Å². The SMILES string of the molecule is CCCCN(CCCC)c1ccc(Sc2c(OC)c(C#N)c(C#N)c(OC)c2Sc2ccccc2N)cc1. The average molecular weight is 547 g/mol. The van der Waals surface area contributed by atoms with E-state index < -0.39 is 0 Å². The van der Waals surface area contributed by atoms with Crippen LogP contribution in [0.15, 0.2) is 68.1 Å². The van der Waals surface area contributed by atoms with Crippen molar-refractivity contribution in [1.29, 1.82) is 10.5 Å². The van der Waals surface area contributed by atoms with Gasteiger partial charge in [0.25, 0.3) is 0 Å². The van der Waals surface area contributed by atoms with E-state index in [0.717, 1.165) is 48.6 Å². The highest BCUT2D eigenvalue weighted by atomic mass is 32.2. The Labute approximate surface area is 234 Å². The minimum Gasteiger partial charge on any atom is -0.494 e. The molecule has 0 radical (unpaired) electrons. The Kier molecular flexibility index (Phi) is 11.1. The molecule has 198 valence electrons. The van der Waals surface area contributed by atoms with E-state index in [1.54, 1.807) is 0 Å². The number of rotatable bonds is 13. The number of anilines is 2. The lowest BCUT2D eigenvalue weighted by Gasteiger charge is -2.25. The van der Waals surface area contributed by atoms with Crippen LogP contribution >= 0.6 is 23.5 Å². The topological polar surface area (TPSA) is 95.3 Å². The molecule has 0 amide bonds. The highest BCUT2D eigenvalue weighted by Gasteiger charge is 2.28. The van der Waals surface area contributed by atoms with Crippen molar-refractivity contribution in [3.8, 4) is 23.6 Å². The highest BCUT2D eigenvalue weighted by Crippen LogP contribution is 2.52. The maximum Gasteiger partial charge on any atom is 0.153 e. The summed E-state index contributed by atoms with van der Waals surface area (Å²) < 4.78 is 11.5. The summed E-state index contributed by atoms with van der Waals surface area (Å²) in [6, 6.07) is 20.3. The Morgan fingerprint density at radius 1 is 0.789 bits per heavy atom. The van der Waals surface area contributed by atoms with Crippen molar-refractivity contribution >= 4 is 34.9 Å². The van der Waals surface area contributed by atoms with E-state index in [2.05, 4.69) is 55.2 Å². The van der Waals surface area contributed by atoms with Gasteiger partial charge in [0.2, 0.25) is 0 Å². The molecule has 0 unspecified atom stereocenters. The molecular formula is C30H34N4O2S2. The molecule has 3 aromatic carbocycles. The fourth-order valence-electron chi connectivity index (χ4n) is 4.04. The fraction of sp³-hybridized carbons (Fsp3) is 0.333. The van der Waals surface area contributed by atoms with Gasteiger partial charge >= 0.3 is 0 Å². The van der Waals surface area contributed by atoms with Crippen LogP contribution < -0.4 is 20.1 Å². The molecule has 38 heavy (non-hydrogen) atoms. The summed E-state index contributed by atoms with van der Waals surface area (Å²) in [5.41, 5.74) is 8.36. The lowest BCUT2D eigenvalue weighted by atomic mass is 10.1. The van der Waals surface area contributed by atoms with Crippen molar-refractivity contribution < 1.29 is 9.47 Å². The summed E-state index contributed by atoms with van der Waals surface area (Å²) in [4.78, 5) is 5.63. The molecule has 0 aliphatic rings. The van der Waals surface area contributed by atoms with Gasteiger partial charge in [-0.1, -0.05) is 62.3 Å². The first kappa shape index (κ1) is 29.1. The van der Waals surface area contributed by atoms with E-state index in [-0.39, 0.29) is 11.1 Å². The first-order valence-corrected chi connectivity index (χ1v) is 14.3. The van der Waals surface area contributed by atoms with Crippen LogP contribution in [-0.2, 0) is 0 Å². The second-order valence-electron chi connectivity index (χ2n) is 8.63. The van der Waals surface area contributed by atoms with Crippen molar-refractivity contribution in [2.24, 2.45) is 0 Å². The van der Waals surface area contributed by atoms with Gasteiger partial charge in [0, 0.05) is 34.3 Å². The van der Waals surface area contributed by atoms with Gasteiger partial charge in [-0.3, -0.25) is 0 Å². The number of benzene rings is 3. The summed E-state index contributed by atoms with van der Waals surface area (Å²) in [5.74, 6) is 0.686. The van der Waals surface area contributed by atoms with Gasteiger partial charge in [-0.25, -0.2) is 0 Å².